The van der Waals surface area contributed by atoms with Gasteiger partial charge in [-0.3, -0.25) is 9.59 Å². The van der Waals surface area contributed by atoms with Crippen molar-refractivity contribution in [1.82, 2.24) is 5.32 Å². The highest BCUT2D eigenvalue weighted by Gasteiger charge is 2.56. The van der Waals surface area contributed by atoms with Crippen molar-refractivity contribution in [1.29, 1.82) is 0 Å². The molecule has 1 saturated carbocycles. The Bertz CT molecular complexity index is 649. The molecule has 0 aromatic heterocycles. The van der Waals surface area contributed by atoms with E-state index in [1.807, 2.05) is 0 Å². The Balaban J connectivity index is 1.89. The van der Waals surface area contributed by atoms with Gasteiger partial charge in [0.25, 0.3) is 0 Å². The Labute approximate surface area is 124 Å². The zero-order valence-electron chi connectivity index (χ0n) is 11.3. The molecule has 1 aromatic carbocycles. The zero-order valence-corrected chi connectivity index (χ0v) is 11.3. The fourth-order valence-electron chi connectivity index (χ4n) is 1.85. The molecule has 116 valence electrons. The zero-order chi connectivity index (χ0) is 16.4. The molecular formula is C15H12F3NO3. The normalized spacial score (nSPS) is 15.4. The standard InChI is InChI=1S/C15H12F3NO3/c16-15(17,18)11-5-3-10(4-6-11)2-1-9-19-12(20)14(7-8-14)13(21)22/h3-6H,7-9H2,(H,19,20)(H,21,22). The number of aliphatic carboxylic acids is 1. The Morgan fingerprint density at radius 1 is 1.23 bits per heavy atom. The van der Waals surface area contributed by atoms with Crippen molar-refractivity contribution < 1.29 is 27.9 Å². The van der Waals surface area contributed by atoms with Gasteiger partial charge in [0.15, 0.2) is 0 Å². The van der Waals surface area contributed by atoms with Crippen molar-refractivity contribution in [3.63, 3.8) is 0 Å². The Morgan fingerprint density at radius 3 is 2.27 bits per heavy atom. The van der Waals surface area contributed by atoms with Crippen LogP contribution in [0.1, 0.15) is 24.0 Å². The van der Waals surface area contributed by atoms with Crippen LogP contribution in [0.4, 0.5) is 13.2 Å². The second-order valence-corrected chi connectivity index (χ2v) is 4.95. The number of nitrogens with one attached hydrogen (secondary N) is 1. The predicted molar refractivity (Wildman–Crippen MR) is 70.6 cm³/mol. The van der Waals surface area contributed by atoms with Crippen LogP contribution in [0.25, 0.3) is 0 Å². The van der Waals surface area contributed by atoms with E-state index in [-0.39, 0.29) is 6.54 Å². The molecule has 1 aliphatic carbocycles. The van der Waals surface area contributed by atoms with E-state index >= 15 is 0 Å². The fourth-order valence-corrected chi connectivity index (χ4v) is 1.85. The maximum absolute atomic E-state index is 12.4. The van der Waals surface area contributed by atoms with Crippen molar-refractivity contribution in [2.24, 2.45) is 5.41 Å². The SMILES string of the molecule is O=C(O)C1(C(=O)NCC#Cc2ccc(C(F)(F)F)cc2)CC1. The smallest absolute Gasteiger partial charge is 0.416 e. The molecule has 1 amide bonds. The first-order valence-electron chi connectivity index (χ1n) is 6.43. The third-order valence-corrected chi connectivity index (χ3v) is 3.38. The molecule has 0 spiro atoms. The Morgan fingerprint density at radius 2 is 1.82 bits per heavy atom. The Hall–Kier alpha value is -2.49. The predicted octanol–water partition coefficient (Wildman–Crippen LogP) is 2.04. The maximum atomic E-state index is 12.4. The number of hydrogen-bond donors (Lipinski definition) is 2. The quantitative estimate of drug-likeness (QED) is 0.663. The van der Waals surface area contributed by atoms with Crippen LogP contribution >= 0.6 is 0 Å². The number of carboxylic acid groups (broad SMARTS) is 1. The summed E-state index contributed by atoms with van der Waals surface area (Å²) in [7, 11) is 0. The summed E-state index contributed by atoms with van der Waals surface area (Å²) < 4.78 is 37.1. The summed E-state index contributed by atoms with van der Waals surface area (Å²) in [5.41, 5.74) is -1.71. The average Bonchev–Trinajstić information content (AvgIpc) is 3.24. The average molecular weight is 311 g/mol. The van der Waals surface area contributed by atoms with E-state index in [2.05, 4.69) is 17.2 Å². The molecule has 2 rings (SSSR count). The number of carbonyl (C=O) groups excluding carboxylic acids is 1. The monoisotopic (exact) mass is 311 g/mol. The van der Waals surface area contributed by atoms with Crippen LogP contribution in [0.3, 0.4) is 0 Å². The largest absolute Gasteiger partial charge is 0.480 e. The molecule has 0 heterocycles. The molecule has 0 atom stereocenters. The topological polar surface area (TPSA) is 66.4 Å². The first-order valence-corrected chi connectivity index (χ1v) is 6.43. The van der Waals surface area contributed by atoms with Gasteiger partial charge in [-0.15, -0.1) is 0 Å². The number of carbonyl (C=O) groups is 2. The van der Waals surface area contributed by atoms with Crippen LogP contribution in [0.15, 0.2) is 24.3 Å². The van der Waals surface area contributed by atoms with Crippen LogP contribution in [0.5, 0.6) is 0 Å². The summed E-state index contributed by atoms with van der Waals surface area (Å²) in [5.74, 6) is 3.44. The molecule has 0 saturated heterocycles. The van der Waals surface area contributed by atoms with Crippen molar-refractivity contribution in [2.45, 2.75) is 19.0 Å². The minimum Gasteiger partial charge on any atom is -0.480 e. The van der Waals surface area contributed by atoms with E-state index in [9.17, 15) is 22.8 Å². The number of rotatable bonds is 3. The number of benzene rings is 1. The van der Waals surface area contributed by atoms with E-state index in [0.717, 1.165) is 12.1 Å². The summed E-state index contributed by atoms with van der Waals surface area (Å²) in [4.78, 5) is 22.6. The van der Waals surface area contributed by atoms with Crippen molar-refractivity contribution in [2.75, 3.05) is 6.54 Å². The number of alkyl halides is 3. The molecular weight excluding hydrogens is 299 g/mol. The van der Waals surface area contributed by atoms with Gasteiger partial charge >= 0.3 is 12.1 Å². The van der Waals surface area contributed by atoms with Gasteiger partial charge in [-0.2, -0.15) is 13.2 Å². The molecule has 22 heavy (non-hydrogen) atoms. The molecule has 1 aromatic rings. The molecule has 0 unspecified atom stereocenters. The van der Waals surface area contributed by atoms with E-state index in [1.165, 1.54) is 12.1 Å². The number of hydrogen-bond acceptors (Lipinski definition) is 2. The van der Waals surface area contributed by atoms with Crippen LogP contribution in [-0.2, 0) is 15.8 Å². The van der Waals surface area contributed by atoms with Gasteiger partial charge in [0, 0.05) is 5.56 Å². The molecule has 1 aliphatic rings. The van der Waals surface area contributed by atoms with E-state index < -0.39 is 29.0 Å². The molecule has 0 aliphatic heterocycles. The first kappa shape index (κ1) is 15.9. The van der Waals surface area contributed by atoms with Crippen LogP contribution < -0.4 is 5.32 Å². The van der Waals surface area contributed by atoms with Crippen LogP contribution in [0.2, 0.25) is 0 Å². The third-order valence-electron chi connectivity index (χ3n) is 3.38. The van der Waals surface area contributed by atoms with Crippen molar-refractivity contribution in [3.8, 4) is 11.8 Å². The lowest BCUT2D eigenvalue weighted by Gasteiger charge is -2.07. The van der Waals surface area contributed by atoms with E-state index in [0.29, 0.717) is 18.4 Å². The third kappa shape index (κ3) is 3.39. The highest BCUT2D eigenvalue weighted by atomic mass is 19.4. The molecule has 1 fully saturated rings. The van der Waals surface area contributed by atoms with E-state index in [1.54, 1.807) is 0 Å². The van der Waals surface area contributed by atoms with Gasteiger partial charge in [0.2, 0.25) is 5.91 Å². The lowest BCUT2D eigenvalue weighted by Crippen LogP contribution is -2.37. The number of halogens is 3. The number of carboxylic acids is 1. The van der Waals surface area contributed by atoms with Gasteiger partial charge in [-0.1, -0.05) is 11.8 Å². The fraction of sp³-hybridized carbons (Fsp3) is 0.333. The van der Waals surface area contributed by atoms with Crippen LogP contribution in [-0.4, -0.2) is 23.5 Å². The van der Waals surface area contributed by atoms with Gasteiger partial charge in [-0.05, 0) is 37.1 Å². The maximum Gasteiger partial charge on any atom is 0.416 e. The van der Waals surface area contributed by atoms with E-state index in [4.69, 9.17) is 5.11 Å². The second kappa shape index (κ2) is 5.72. The van der Waals surface area contributed by atoms with Gasteiger partial charge < -0.3 is 10.4 Å². The summed E-state index contributed by atoms with van der Waals surface area (Å²) in [5, 5.41) is 11.3. The molecule has 0 bridgehead atoms. The lowest BCUT2D eigenvalue weighted by molar-refractivity contribution is -0.149. The summed E-state index contributed by atoms with van der Waals surface area (Å²) >= 11 is 0. The minimum absolute atomic E-state index is 0.0606. The summed E-state index contributed by atoms with van der Waals surface area (Å²) in [6, 6.07) is 4.31. The van der Waals surface area contributed by atoms with Crippen molar-refractivity contribution in [3.05, 3.63) is 35.4 Å². The lowest BCUT2D eigenvalue weighted by atomic mass is 10.1. The molecule has 4 nitrogen and oxygen atoms in total. The van der Waals surface area contributed by atoms with Gasteiger partial charge in [0.05, 0.1) is 12.1 Å². The summed E-state index contributed by atoms with van der Waals surface area (Å²) in [6.45, 7) is -0.0606. The molecule has 0 radical (unpaired) electrons. The van der Waals surface area contributed by atoms with Gasteiger partial charge in [-0.25, -0.2) is 0 Å². The second-order valence-electron chi connectivity index (χ2n) is 4.95. The molecule has 2 N–H and O–H groups in total. The first-order chi connectivity index (χ1) is 10.3. The minimum atomic E-state index is -4.39. The Kier molecular flexibility index (Phi) is 4.13. The van der Waals surface area contributed by atoms with Crippen molar-refractivity contribution >= 4 is 11.9 Å². The summed E-state index contributed by atoms with van der Waals surface area (Å²) in [6.07, 6.45) is -3.78. The number of amides is 1. The highest BCUT2D eigenvalue weighted by molar-refractivity contribution is 6.04. The highest BCUT2D eigenvalue weighted by Crippen LogP contribution is 2.45. The molecule has 7 heteroatoms. The van der Waals surface area contributed by atoms with Crippen LogP contribution in [0, 0.1) is 17.3 Å². The van der Waals surface area contributed by atoms with Gasteiger partial charge in [0.1, 0.15) is 5.41 Å².